The van der Waals surface area contributed by atoms with Crippen molar-refractivity contribution in [1.29, 1.82) is 0 Å². The van der Waals surface area contributed by atoms with Gasteiger partial charge in [-0.25, -0.2) is 4.39 Å². The van der Waals surface area contributed by atoms with Crippen LogP contribution in [0.2, 0.25) is 0 Å². The van der Waals surface area contributed by atoms with Gasteiger partial charge in [0, 0.05) is 6.54 Å². The highest BCUT2D eigenvalue weighted by molar-refractivity contribution is 5.71. The van der Waals surface area contributed by atoms with Gasteiger partial charge in [0.05, 0.1) is 17.4 Å². The molecular weight excluding hydrogens is 215 g/mol. The number of anilines is 2. The Morgan fingerprint density at radius 1 is 0.941 bits per heavy atom. The summed E-state index contributed by atoms with van der Waals surface area (Å²) >= 11 is 0. The van der Waals surface area contributed by atoms with Gasteiger partial charge in [-0.05, 0) is 29.8 Å². The Balaban J connectivity index is 1.86. The maximum Gasteiger partial charge on any atom is 0.123 e. The van der Waals surface area contributed by atoms with E-state index in [2.05, 4.69) is 10.6 Å². The predicted octanol–water partition coefficient (Wildman–Crippen LogP) is 3.40. The van der Waals surface area contributed by atoms with Gasteiger partial charge in [-0.15, -0.1) is 0 Å². The van der Waals surface area contributed by atoms with Crippen LogP contribution in [0.4, 0.5) is 15.8 Å². The molecule has 1 aliphatic rings. The Bertz CT molecular complexity index is 522. The van der Waals surface area contributed by atoms with E-state index in [1.807, 2.05) is 36.4 Å². The first-order chi connectivity index (χ1) is 8.33. The van der Waals surface area contributed by atoms with E-state index in [0.29, 0.717) is 0 Å². The van der Waals surface area contributed by atoms with Crippen LogP contribution in [0.3, 0.4) is 0 Å². The Labute approximate surface area is 99.5 Å². The smallest absolute Gasteiger partial charge is 0.123 e. The number of hydrogen-bond acceptors (Lipinski definition) is 2. The quantitative estimate of drug-likeness (QED) is 0.781. The molecule has 0 amide bonds. The third kappa shape index (κ3) is 1.96. The number of halogens is 1. The fourth-order valence-corrected chi connectivity index (χ4v) is 2.11. The second-order valence-electron chi connectivity index (χ2n) is 4.17. The monoisotopic (exact) mass is 228 g/mol. The highest BCUT2D eigenvalue weighted by Crippen LogP contribution is 2.30. The topological polar surface area (TPSA) is 24.1 Å². The van der Waals surface area contributed by atoms with Crippen molar-refractivity contribution in [2.75, 3.05) is 17.2 Å². The van der Waals surface area contributed by atoms with Crippen molar-refractivity contribution in [3.8, 4) is 0 Å². The van der Waals surface area contributed by atoms with Crippen molar-refractivity contribution in [2.45, 2.75) is 6.04 Å². The summed E-state index contributed by atoms with van der Waals surface area (Å²) in [4.78, 5) is 0. The van der Waals surface area contributed by atoms with Crippen LogP contribution in [0.5, 0.6) is 0 Å². The van der Waals surface area contributed by atoms with E-state index in [9.17, 15) is 4.39 Å². The Hall–Kier alpha value is -2.03. The lowest BCUT2D eigenvalue weighted by Crippen LogP contribution is -2.25. The van der Waals surface area contributed by atoms with Crippen LogP contribution in [0.1, 0.15) is 11.6 Å². The molecule has 0 aromatic heterocycles. The van der Waals surface area contributed by atoms with Crippen molar-refractivity contribution >= 4 is 11.4 Å². The molecule has 86 valence electrons. The third-order valence-corrected chi connectivity index (χ3v) is 3.03. The number of benzene rings is 2. The summed E-state index contributed by atoms with van der Waals surface area (Å²) < 4.78 is 12.9. The lowest BCUT2D eigenvalue weighted by atomic mass is 10.0. The van der Waals surface area contributed by atoms with Gasteiger partial charge >= 0.3 is 0 Å². The summed E-state index contributed by atoms with van der Waals surface area (Å²) in [6.45, 7) is 0.808. The van der Waals surface area contributed by atoms with Gasteiger partial charge in [0.15, 0.2) is 0 Å². The maximum atomic E-state index is 12.9. The first-order valence-corrected chi connectivity index (χ1v) is 5.68. The fraction of sp³-hybridized carbons (Fsp3) is 0.143. The molecule has 17 heavy (non-hydrogen) atoms. The summed E-state index contributed by atoms with van der Waals surface area (Å²) in [7, 11) is 0. The minimum Gasteiger partial charge on any atom is -0.381 e. The molecule has 1 aliphatic heterocycles. The lowest BCUT2D eigenvalue weighted by Gasteiger charge is -2.28. The molecule has 3 heteroatoms. The molecule has 3 rings (SSSR count). The van der Waals surface area contributed by atoms with Crippen LogP contribution in [0.25, 0.3) is 0 Å². The molecule has 0 fully saturated rings. The van der Waals surface area contributed by atoms with E-state index in [-0.39, 0.29) is 11.9 Å². The minimum atomic E-state index is -0.196. The molecule has 0 radical (unpaired) electrons. The molecule has 2 nitrogen and oxygen atoms in total. The average Bonchev–Trinajstić information content (AvgIpc) is 2.39. The fourth-order valence-electron chi connectivity index (χ4n) is 2.11. The van der Waals surface area contributed by atoms with E-state index in [4.69, 9.17) is 0 Å². The van der Waals surface area contributed by atoms with Gasteiger partial charge in [0.25, 0.3) is 0 Å². The van der Waals surface area contributed by atoms with Gasteiger partial charge in [-0.1, -0.05) is 24.3 Å². The zero-order valence-electron chi connectivity index (χ0n) is 9.28. The second-order valence-corrected chi connectivity index (χ2v) is 4.17. The van der Waals surface area contributed by atoms with Gasteiger partial charge < -0.3 is 10.6 Å². The van der Waals surface area contributed by atoms with Crippen LogP contribution in [-0.2, 0) is 0 Å². The molecular formula is C14H13FN2. The predicted molar refractivity (Wildman–Crippen MR) is 67.7 cm³/mol. The zero-order valence-corrected chi connectivity index (χ0v) is 9.28. The van der Waals surface area contributed by atoms with Crippen LogP contribution >= 0.6 is 0 Å². The van der Waals surface area contributed by atoms with E-state index >= 15 is 0 Å². The van der Waals surface area contributed by atoms with Crippen molar-refractivity contribution < 1.29 is 4.39 Å². The maximum absolute atomic E-state index is 12.9. The van der Waals surface area contributed by atoms with E-state index in [1.165, 1.54) is 12.1 Å². The zero-order chi connectivity index (χ0) is 11.7. The van der Waals surface area contributed by atoms with Gasteiger partial charge in [0.1, 0.15) is 5.82 Å². The summed E-state index contributed by atoms with van der Waals surface area (Å²) in [5.74, 6) is -0.196. The third-order valence-electron chi connectivity index (χ3n) is 3.03. The summed E-state index contributed by atoms with van der Waals surface area (Å²) in [6.07, 6.45) is 0. The Kier molecular flexibility index (Phi) is 2.44. The molecule has 2 aromatic carbocycles. The molecule has 2 aromatic rings. The largest absolute Gasteiger partial charge is 0.381 e. The van der Waals surface area contributed by atoms with Crippen LogP contribution in [-0.4, -0.2) is 6.54 Å². The van der Waals surface area contributed by atoms with E-state index in [0.717, 1.165) is 23.5 Å². The standard InChI is InChI=1S/C14H13FN2/c15-11-7-5-10(6-8-11)14-9-16-12-3-1-2-4-13(12)17-14/h1-8,14,16-17H,9H2/t14-/m1/s1. The Morgan fingerprint density at radius 2 is 1.65 bits per heavy atom. The summed E-state index contributed by atoms with van der Waals surface area (Å²) in [5.41, 5.74) is 3.30. The molecule has 0 unspecified atom stereocenters. The number of para-hydroxylation sites is 2. The average molecular weight is 228 g/mol. The van der Waals surface area contributed by atoms with Crippen LogP contribution in [0, 0.1) is 5.82 Å². The number of hydrogen-bond donors (Lipinski definition) is 2. The molecule has 0 aliphatic carbocycles. The van der Waals surface area contributed by atoms with Gasteiger partial charge in [0.2, 0.25) is 0 Å². The molecule has 0 spiro atoms. The number of rotatable bonds is 1. The number of fused-ring (bicyclic) bond motifs is 1. The van der Waals surface area contributed by atoms with E-state index < -0.39 is 0 Å². The van der Waals surface area contributed by atoms with E-state index in [1.54, 1.807) is 0 Å². The normalized spacial score (nSPS) is 17.8. The lowest BCUT2D eigenvalue weighted by molar-refractivity contribution is 0.626. The van der Waals surface area contributed by atoms with Crippen molar-refractivity contribution in [2.24, 2.45) is 0 Å². The van der Waals surface area contributed by atoms with Crippen LogP contribution < -0.4 is 10.6 Å². The highest BCUT2D eigenvalue weighted by atomic mass is 19.1. The molecule has 0 saturated heterocycles. The molecule has 0 bridgehead atoms. The molecule has 0 saturated carbocycles. The van der Waals surface area contributed by atoms with Crippen molar-refractivity contribution in [1.82, 2.24) is 0 Å². The number of nitrogens with one attached hydrogen (secondary N) is 2. The van der Waals surface area contributed by atoms with Gasteiger partial charge in [-0.3, -0.25) is 0 Å². The highest BCUT2D eigenvalue weighted by Gasteiger charge is 2.17. The van der Waals surface area contributed by atoms with Gasteiger partial charge in [-0.2, -0.15) is 0 Å². The molecule has 2 N–H and O–H groups in total. The summed E-state index contributed by atoms with van der Waals surface area (Å²) in [5, 5.41) is 6.82. The van der Waals surface area contributed by atoms with Crippen LogP contribution in [0.15, 0.2) is 48.5 Å². The minimum absolute atomic E-state index is 0.186. The molecule has 1 atom stereocenters. The second kappa shape index (κ2) is 4.09. The SMILES string of the molecule is Fc1ccc([C@H]2CNc3ccccc3N2)cc1. The Morgan fingerprint density at radius 3 is 2.41 bits per heavy atom. The molecule has 1 heterocycles. The summed E-state index contributed by atoms with van der Waals surface area (Å²) in [6, 6.07) is 14.9. The van der Waals surface area contributed by atoms with Crippen molar-refractivity contribution in [3.63, 3.8) is 0 Å². The first kappa shape index (κ1) is 10.1. The first-order valence-electron chi connectivity index (χ1n) is 5.68. The van der Waals surface area contributed by atoms with Crippen molar-refractivity contribution in [3.05, 3.63) is 59.9 Å².